The van der Waals surface area contributed by atoms with Crippen molar-refractivity contribution in [2.45, 2.75) is 4.90 Å². The van der Waals surface area contributed by atoms with Crippen LogP contribution >= 0.6 is 39.1 Å². The maximum Gasteiger partial charge on any atom is 0.240 e. The van der Waals surface area contributed by atoms with Gasteiger partial charge in [-0.05, 0) is 34.1 Å². The molecule has 1 aromatic rings. The number of hydrogen-bond donors (Lipinski definition) is 1. The summed E-state index contributed by atoms with van der Waals surface area (Å²) in [5.41, 5.74) is 0. The molecule has 0 saturated heterocycles. The van der Waals surface area contributed by atoms with Crippen molar-refractivity contribution in [1.82, 2.24) is 4.72 Å². The average molecular weight is 345 g/mol. The van der Waals surface area contributed by atoms with E-state index in [0.29, 0.717) is 9.50 Å². The number of rotatable bonds is 4. The number of hydrogen-bond acceptors (Lipinski definition) is 2. The Bertz CT molecular complexity index is 516. The first-order valence-corrected chi connectivity index (χ1v) is 7.14. The Balaban J connectivity index is 2.99. The third-order valence-electron chi connectivity index (χ3n) is 1.66. The molecule has 3 nitrogen and oxygen atoms in total. The Morgan fingerprint density at radius 3 is 2.62 bits per heavy atom. The van der Waals surface area contributed by atoms with Gasteiger partial charge >= 0.3 is 0 Å². The van der Waals surface area contributed by atoms with Gasteiger partial charge in [0.1, 0.15) is 0 Å². The van der Waals surface area contributed by atoms with Crippen molar-refractivity contribution in [3.05, 3.63) is 39.3 Å². The predicted molar refractivity (Wildman–Crippen MR) is 69.3 cm³/mol. The smallest absolute Gasteiger partial charge is 0.207 e. The molecular weight excluding hydrogens is 337 g/mol. The largest absolute Gasteiger partial charge is 0.240 e. The minimum atomic E-state index is -3.58. The molecule has 0 radical (unpaired) electrons. The lowest BCUT2D eigenvalue weighted by atomic mass is 10.4. The first-order valence-electron chi connectivity index (χ1n) is 4.11. The van der Waals surface area contributed by atoms with Crippen LogP contribution in [0, 0.1) is 0 Å². The Kier molecular flexibility index (Phi) is 4.82. The Labute approximate surface area is 113 Å². The average Bonchev–Trinajstić information content (AvgIpc) is 2.19. The molecule has 0 spiro atoms. The second-order valence-electron chi connectivity index (χ2n) is 2.92. The summed E-state index contributed by atoms with van der Waals surface area (Å²) in [5.74, 6) is 0. The van der Waals surface area contributed by atoms with E-state index in [4.69, 9.17) is 23.2 Å². The summed E-state index contributed by atoms with van der Waals surface area (Å²) in [6.45, 7) is 3.38. The highest BCUT2D eigenvalue weighted by molar-refractivity contribution is 9.10. The quantitative estimate of drug-likeness (QED) is 0.912. The molecule has 16 heavy (non-hydrogen) atoms. The molecule has 0 aliphatic carbocycles. The van der Waals surface area contributed by atoms with E-state index in [0.717, 1.165) is 0 Å². The van der Waals surface area contributed by atoms with Crippen molar-refractivity contribution >= 4 is 49.2 Å². The van der Waals surface area contributed by atoms with Crippen LogP contribution in [-0.2, 0) is 10.0 Å². The van der Waals surface area contributed by atoms with Crippen molar-refractivity contribution in [1.29, 1.82) is 0 Å². The molecule has 1 aromatic carbocycles. The third kappa shape index (κ3) is 3.75. The number of benzene rings is 1. The van der Waals surface area contributed by atoms with Crippen LogP contribution in [0.1, 0.15) is 0 Å². The lowest BCUT2D eigenvalue weighted by molar-refractivity contribution is 0.585. The molecule has 1 N–H and O–H groups in total. The van der Waals surface area contributed by atoms with E-state index >= 15 is 0 Å². The fourth-order valence-electron chi connectivity index (χ4n) is 0.901. The number of halogens is 3. The van der Waals surface area contributed by atoms with Crippen molar-refractivity contribution in [2.24, 2.45) is 0 Å². The molecule has 0 atom stereocenters. The van der Waals surface area contributed by atoms with E-state index in [1.807, 2.05) is 0 Å². The zero-order valence-corrected chi connectivity index (χ0v) is 11.9. The minimum Gasteiger partial charge on any atom is -0.207 e. The molecule has 0 saturated carbocycles. The Morgan fingerprint density at radius 1 is 1.50 bits per heavy atom. The summed E-state index contributed by atoms with van der Waals surface area (Å²) in [5, 5.41) is 0.664. The van der Waals surface area contributed by atoms with Crippen molar-refractivity contribution in [3.8, 4) is 0 Å². The first-order chi connectivity index (χ1) is 7.33. The molecule has 0 amide bonds. The van der Waals surface area contributed by atoms with E-state index in [-0.39, 0.29) is 16.5 Å². The van der Waals surface area contributed by atoms with Gasteiger partial charge in [0, 0.05) is 16.0 Å². The SMILES string of the molecule is C=C(Cl)CNS(=O)(=O)c1ccc(Cl)c(Br)c1. The van der Waals surface area contributed by atoms with E-state index in [9.17, 15) is 8.42 Å². The summed E-state index contributed by atoms with van der Waals surface area (Å²) in [4.78, 5) is 0.113. The maximum atomic E-state index is 11.7. The molecule has 0 fully saturated rings. The zero-order chi connectivity index (χ0) is 12.3. The highest BCUT2D eigenvalue weighted by Gasteiger charge is 2.14. The van der Waals surface area contributed by atoms with Crippen LogP contribution in [0.5, 0.6) is 0 Å². The fourth-order valence-corrected chi connectivity index (χ4v) is 2.75. The normalized spacial score (nSPS) is 11.4. The van der Waals surface area contributed by atoms with Crippen LogP contribution in [0.4, 0.5) is 0 Å². The van der Waals surface area contributed by atoms with Crippen LogP contribution in [-0.4, -0.2) is 15.0 Å². The summed E-state index contributed by atoms with van der Waals surface area (Å²) in [6, 6.07) is 4.32. The van der Waals surface area contributed by atoms with Gasteiger partial charge in [-0.2, -0.15) is 0 Å². The van der Waals surface area contributed by atoms with Gasteiger partial charge in [-0.25, -0.2) is 13.1 Å². The summed E-state index contributed by atoms with van der Waals surface area (Å²) < 4.78 is 26.3. The predicted octanol–water partition coefficient (Wildman–Crippen LogP) is 3.13. The van der Waals surface area contributed by atoms with Gasteiger partial charge in [-0.15, -0.1) is 0 Å². The minimum absolute atomic E-state index is 0.00979. The van der Waals surface area contributed by atoms with Gasteiger partial charge in [0.15, 0.2) is 0 Å². The summed E-state index contributed by atoms with van der Waals surface area (Å²) in [7, 11) is -3.58. The van der Waals surface area contributed by atoms with Crippen molar-refractivity contribution < 1.29 is 8.42 Å². The first kappa shape index (κ1) is 14.0. The van der Waals surface area contributed by atoms with Crippen LogP contribution in [0.2, 0.25) is 5.02 Å². The molecule has 0 unspecified atom stereocenters. The Hall–Kier alpha value is -0.0700. The van der Waals surface area contributed by atoms with Gasteiger partial charge in [-0.1, -0.05) is 29.8 Å². The van der Waals surface area contributed by atoms with E-state index in [2.05, 4.69) is 27.2 Å². The molecule has 0 aliphatic heterocycles. The lowest BCUT2D eigenvalue weighted by Gasteiger charge is -2.06. The monoisotopic (exact) mass is 343 g/mol. The van der Waals surface area contributed by atoms with Crippen molar-refractivity contribution in [2.75, 3.05) is 6.54 Å². The third-order valence-corrected chi connectivity index (χ3v) is 4.40. The fraction of sp³-hybridized carbons (Fsp3) is 0.111. The van der Waals surface area contributed by atoms with Crippen molar-refractivity contribution in [3.63, 3.8) is 0 Å². The molecule has 0 bridgehead atoms. The molecule has 1 rings (SSSR count). The second-order valence-corrected chi connectivity index (χ2v) is 6.48. The molecule has 0 aromatic heterocycles. The molecule has 7 heteroatoms. The highest BCUT2D eigenvalue weighted by atomic mass is 79.9. The lowest BCUT2D eigenvalue weighted by Crippen LogP contribution is -2.24. The highest BCUT2D eigenvalue weighted by Crippen LogP contribution is 2.25. The van der Waals surface area contributed by atoms with Gasteiger partial charge < -0.3 is 0 Å². The number of nitrogens with one attached hydrogen (secondary N) is 1. The summed E-state index contributed by atoms with van der Waals surface area (Å²) >= 11 is 14.4. The molecule has 0 aliphatic rings. The maximum absolute atomic E-state index is 11.7. The standard InChI is InChI=1S/C9H8BrCl2NO2S/c1-6(11)5-13-16(14,15)7-2-3-9(12)8(10)4-7/h2-4,13H,1,5H2. The summed E-state index contributed by atoms with van der Waals surface area (Å²) in [6.07, 6.45) is 0. The molecule has 0 heterocycles. The molecule has 88 valence electrons. The van der Waals surface area contributed by atoms with Gasteiger partial charge in [0.05, 0.1) is 9.92 Å². The van der Waals surface area contributed by atoms with Gasteiger partial charge in [0.2, 0.25) is 10.0 Å². The zero-order valence-electron chi connectivity index (χ0n) is 8.00. The Morgan fingerprint density at radius 2 is 2.12 bits per heavy atom. The van der Waals surface area contributed by atoms with E-state index < -0.39 is 10.0 Å². The van der Waals surface area contributed by atoms with Crippen LogP contribution < -0.4 is 4.72 Å². The van der Waals surface area contributed by atoms with Crippen LogP contribution in [0.3, 0.4) is 0 Å². The second kappa shape index (κ2) is 5.51. The van der Waals surface area contributed by atoms with Gasteiger partial charge in [0.25, 0.3) is 0 Å². The van der Waals surface area contributed by atoms with Crippen LogP contribution in [0.25, 0.3) is 0 Å². The van der Waals surface area contributed by atoms with E-state index in [1.54, 1.807) is 0 Å². The number of sulfonamides is 1. The van der Waals surface area contributed by atoms with Gasteiger partial charge in [-0.3, -0.25) is 0 Å². The molecular formula is C9H8BrCl2NO2S. The van der Waals surface area contributed by atoms with Crippen LogP contribution in [0.15, 0.2) is 39.2 Å². The topological polar surface area (TPSA) is 46.2 Å². The van der Waals surface area contributed by atoms with E-state index in [1.165, 1.54) is 18.2 Å².